The van der Waals surface area contributed by atoms with Crippen LogP contribution in [0.25, 0.3) is 44.5 Å². The zero-order valence-electron chi connectivity index (χ0n) is 39.1. The van der Waals surface area contributed by atoms with Crippen molar-refractivity contribution in [3.8, 4) is 50.3 Å². The van der Waals surface area contributed by atoms with E-state index in [9.17, 15) is 5.11 Å². The molecule has 6 aromatic rings. The van der Waals surface area contributed by atoms with Gasteiger partial charge in [0.25, 0.3) is 0 Å². The van der Waals surface area contributed by atoms with Crippen LogP contribution in [0.4, 0.5) is 0 Å². The summed E-state index contributed by atoms with van der Waals surface area (Å²) in [5.74, 6) is 0.890. The van der Waals surface area contributed by atoms with Gasteiger partial charge in [0.15, 0.2) is 0 Å². The van der Waals surface area contributed by atoms with Crippen LogP contribution in [0, 0.1) is 55.4 Å². The number of aryl methyl sites for hydroxylation is 4. The van der Waals surface area contributed by atoms with Crippen LogP contribution >= 0.6 is 0 Å². The smallest absolute Gasteiger partial charge is 0.134 e. The largest absolute Gasteiger partial charge is 0.495 e. The highest BCUT2D eigenvalue weighted by Crippen LogP contribution is 2.49. The number of rotatable bonds is 8. The van der Waals surface area contributed by atoms with Gasteiger partial charge in [0.05, 0.1) is 13.7 Å². The minimum absolute atomic E-state index is 0.0318. The van der Waals surface area contributed by atoms with E-state index in [1.807, 2.05) is 7.11 Å². The molecule has 0 aliphatic carbocycles. The number of hydrogen-bond acceptors (Lipinski definition) is 2. The van der Waals surface area contributed by atoms with E-state index in [4.69, 9.17) is 4.74 Å². The van der Waals surface area contributed by atoms with Gasteiger partial charge in [-0.15, -0.1) is 0 Å². The minimum Gasteiger partial charge on any atom is -0.495 e. The predicted molar refractivity (Wildman–Crippen MR) is 255 cm³/mol. The molecule has 1 N–H and O–H groups in total. The molecule has 0 amide bonds. The van der Waals surface area contributed by atoms with E-state index in [0.717, 1.165) is 44.7 Å². The third-order valence-electron chi connectivity index (χ3n) is 13.5. The third-order valence-corrected chi connectivity index (χ3v) is 13.5. The van der Waals surface area contributed by atoms with Gasteiger partial charge in [0.2, 0.25) is 0 Å². The lowest BCUT2D eigenvalue weighted by molar-refractivity contribution is 0.283. The first-order chi connectivity index (χ1) is 27.5. The highest BCUT2D eigenvalue weighted by atomic mass is 16.5. The normalized spacial score (nSPS) is 12.3. The van der Waals surface area contributed by atoms with Crippen LogP contribution in [0.3, 0.4) is 0 Å². The van der Waals surface area contributed by atoms with Crippen molar-refractivity contribution in [2.45, 2.75) is 134 Å². The van der Waals surface area contributed by atoms with Gasteiger partial charge in [-0.1, -0.05) is 116 Å². The Hall–Kier alpha value is -4.92. The predicted octanol–water partition coefficient (Wildman–Crippen LogP) is 15.2. The summed E-state index contributed by atoms with van der Waals surface area (Å²) in [7, 11) is 1.82. The summed E-state index contributed by atoms with van der Waals surface area (Å²) in [5, 5.41) is 11.4. The first-order valence-corrected chi connectivity index (χ1v) is 21.4. The lowest BCUT2D eigenvalue weighted by Gasteiger charge is -2.32. The third kappa shape index (κ3) is 8.06. The summed E-state index contributed by atoms with van der Waals surface area (Å²) >= 11 is 0. The Labute approximate surface area is 356 Å². The van der Waals surface area contributed by atoms with E-state index in [1.165, 1.54) is 77.9 Å². The molecule has 0 radical (unpaired) electrons. The van der Waals surface area contributed by atoms with Crippen LogP contribution in [-0.4, -0.2) is 12.2 Å². The van der Waals surface area contributed by atoms with Gasteiger partial charge < -0.3 is 9.84 Å². The number of ether oxygens (including phenoxy) is 1. The van der Waals surface area contributed by atoms with Gasteiger partial charge in [-0.3, -0.25) is 0 Å². The fraction of sp³-hybridized carbons (Fsp3) is 0.368. The van der Waals surface area contributed by atoms with Crippen LogP contribution in [0.5, 0.6) is 5.75 Å². The van der Waals surface area contributed by atoms with Crippen molar-refractivity contribution in [2.24, 2.45) is 0 Å². The molecule has 0 atom stereocenters. The average Bonchev–Trinajstić information content (AvgIpc) is 3.18. The lowest BCUT2D eigenvalue weighted by Crippen LogP contribution is -2.20. The summed E-state index contributed by atoms with van der Waals surface area (Å²) in [4.78, 5) is 0. The Kier molecular flexibility index (Phi) is 11.8. The molecular weight excluding hydrogens is 717 g/mol. The van der Waals surface area contributed by atoms with Crippen LogP contribution in [0.1, 0.15) is 128 Å². The maximum absolute atomic E-state index is 11.4. The van der Waals surface area contributed by atoms with Crippen molar-refractivity contribution in [1.82, 2.24) is 0 Å². The van der Waals surface area contributed by atoms with Crippen molar-refractivity contribution in [3.05, 3.63) is 157 Å². The summed E-state index contributed by atoms with van der Waals surface area (Å²) in [6.45, 7) is 36.0. The fourth-order valence-corrected chi connectivity index (χ4v) is 9.00. The van der Waals surface area contributed by atoms with Crippen LogP contribution in [-0.2, 0) is 22.9 Å². The van der Waals surface area contributed by atoms with Crippen molar-refractivity contribution in [3.63, 3.8) is 0 Å². The molecular formula is C57H68O2. The zero-order chi connectivity index (χ0) is 43.5. The second kappa shape index (κ2) is 15.9. The molecule has 0 fully saturated rings. The van der Waals surface area contributed by atoms with Crippen LogP contribution in [0.2, 0.25) is 0 Å². The molecule has 2 nitrogen and oxygen atoms in total. The second-order valence-electron chi connectivity index (χ2n) is 19.9. The minimum atomic E-state index is -0.467. The van der Waals surface area contributed by atoms with Crippen LogP contribution in [0.15, 0.2) is 84.9 Å². The van der Waals surface area contributed by atoms with Crippen molar-refractivity contribution >= 4 is 0 Å². The molecule has 0 aromatic heterocycles. The highest BCUT2D eigenvalue weighted by Gasteiger charge is 2.31. The van der Waals surface area contributed by atoms with E-state index in [2.05, 4.69) is 196 Å². The van der Waals surface area contributed by atoms with Crippen LogP contribution < -0.4 is 4.74 Å². The average molecular weight is 785 g/mol. The molecule has 0 saturated heterocycles. The van der Waals surface area contributed by atoms with Crippen molar-refractivity contribution < 1.29 is 9.84 Å². The summed E-state index contributed by atoms with van der Waals surface area (Å²) in [6, 6.07) is 32.1. The molecule has 308 valence electrons. The summed E-state index contributed by atoms with van der Waals surface area (Å²) in [5.41, 5.74) is 24.7. The summed E-state index contributed by atoms with van der Waals surface area (Å²) in [6.07, 6.45) is 0. The molecule has 6 aromatic carbocycles. The SMILES string of the molecule is COc1c(-c2ccc(C(C)(C)C)cc2)cc(C(C)(C)c2cc(-c3ccc(C(C)(C)C)cc3)c(CO)c(-c3c(C)c(C)cc(C)c3C)c2)cc1-c1c(C)c(C)cc(C)c1C. The molecule has 59 heavy (non-hydrogen) atoms. The van der Waals surface area contributed by atoms with Gasteiger partial charge in [-0.05, 0) is 196 Å². The topological polar surface area (TPSA) is 29.5 Å². The van der Waals surface area contributed by atoms with Gasteiger partial charge in [-0.2, -0.15) is 0 Å². The van der Waals surface area contributed by atoms with E-state index < -0.39 is 5.41 Å². The number of aliphatic hydroxyl groups excluding tert-OH is 1. The quantitative estimate of drug-likeness (QED) is 0.167. The molecule has 0 bridgehead atoms. The maximum Gasteiger partial charge on any atom is 0.134 e. The molecule has 0 aliphatic heterocycles. The Bertz CT molecular complexity index is 2320. The van der Waals surface area contributed by atoms with Gasteiger partial charge in [0.1, 0.15) is 5.75 Å². The Morgan fingerprint density at radius 1 is 0.424 bits per heavy atom. The molecule has 0 heterocycles. The molecule has 0 spiro atoms. The molecule has 0 saturated carbocycles. The first kappa shape index (κ1) is 43.7. The molecule has 2 heteroatoms. The highest BCUT2D eigenvalue weighted by molar-refractivity contribution is 5.88. The van der Waals surface area contributed by atoms with Crippen molar-refractivity contribution in [2.75, 3.05) is 7.11 Å². The molecule has 0 aliphatic rings. The molecule has 6 rings (SSSR count). The van der Waals surface area contributed by atoms with E-state index in [-0.39, 0.29) is 17.4 Å². The van der Waals surface area contributed by atoms with Gasteiger partial charge >= 0.3 is 0 Å². The van der Waals surface area contributed by atoms with E-state index in [1.54, 1.807) is 0 Å². The standard InChI is InChI=1S/C57H68O2/c1-33-26-34(2)38(6)52(37(33)5)49-30-45(28-47(51(49)32-58)41-18-22-43(23-19-41)55(9,10)11)57(15,16)46-29-48(42-20-24-44(25-21-42)56(12,13)14)54(59-17)50(31-46)53-39(7)35(3)27-36(4)40(53)8/h18-31,58H,32H2,1-17H3. The van der Waals surface area contributed by atoms with Gasteiger partial charge in [-0.25, -0.2) is 0 Å². The Morgan fingerprint density at radius 2 is 0.763 bits per heavy atom. The Morgan fingerprint density at radius 3 is 1.14 bits per heavy atom. The first-order valence-electron chi connectivity index (χ1n) is 21.4. The second-order valence-corrected chi connectivity index (χ2v) is 19.9. The van der Waals surface area contributed by atoms with E-state index in [0.29, 0.717) is 0 Å². The number of aliphatic hydroxyl groups is 1. The van der Waals surface area contributed by atoms with E-state index >= 15 is 0 Å². The number of benzene rings is 6. The number of hydrogen-bond donors (Lipinski definition) is 1. The number of methoxy groups -OCH3 is 1. The molecule has 0 unspecified atom stereocenters. The monoisotopic (exact) mass is 785 g/mol. The summed E-state index contributed by atoms with van der Waals surface area (Å²) < 4.78 is 6.48. The van der Waals surface area contributed by atoms with Gasteiger partial charge in [0, 0.05) is 16.5 Å². The fourth-order valence-electron chi connectivity index (χ4n) is 9.00. The van der Waals surface area contributed by atoms with Crippen molar-refractivity contribution in [1.29, 1.82) is 0 Å². The maximum atomic E-state index is 11.4. The Balaban J connectivity index is 1.73. The zero-order valence-corrected chi connectivity index (χ0v) is 39.1. The lowest BCUT2D eigenvalue weighted by atomic mass is 9.73.